The van der Waals surface area contributed by atoms with Crippen LogP contribution >= 0.6 is 0 Å². The van der Waals surface area contributed by atoms with Crippen molar-refractivity contribution in [3.8, 4) is 6.07 Å². The summed E-state index contributed by atoms with van der Waals surface area (Å²) >= 11 is 0. The monoisotopic (exact) mass is 191 g/mol. The van der Waals surface area contributed by atoms with Gasteiger partial charge in [-0.2, -0.15) is 9.65 Å². The van der Waals surface area contributed by atoms with Crippen LogP contribution in [0.15, 0.2) is 12.1 Å². The van der Waals surface area contributed by atoms with Crippen LogP contribution in [0.2, 0.25) is 0 Å². The van der Waals surface area contributed by atoms with Crippen molar-refractivity contribution in [2.45, 2.75) is 12.8 Å². The molecule has 0 bridgehead atoms. The number of nitrogens with zero attached hydrogens (tertiary/aromatic N) is 3. The number of hydrogen-bond acceptors (Lipinski definition) is 3. The molecule has 1 saturated heterocycles. The maximum atomic E-state index is 13.1. The van der Waals surface area contributed by atoms with Gasteiger partial charge in [0.05, 0.1) is 0 Å². The van der Waals surface area contributed by atoms with Crippen molar-refractivity contribution in [2.24, 2.45) is 0 Å². The van der Waals surface area contributed by atoms with E-state index in [4.69, 9.17) is 5.26 Å². The van der Waals surface area contributed by atoms with Gasteiger partial charge in [0, 0.05) is 13.1 Å². The molecule has 72 valence electrons. The second-order valence-corrected chi connectivity index (χ2v) is 3.31. The molecule has 0 aliphatic carbocycles. The minimum absolute atomic E-state index is 0.00736. The highest BCUT2D eigenvalue weighted by Gasteiger charge is 2.14. The summed E-state index contributed by atoms with van der Waals surface area (Å²) in [6, 6.07) is 4.94. The largest absolute Gasteiger partial charge is 0.357 e. The Hall–Kier alpha value is -1.63. The zero-order valence-corrected chi connectivity index (χ0v) is 7.70. The summed E-state index contributed by atoms with van der Waals surface area (Å²) in [6.07, 6.45) is 2.26. The second-order valence-electron chi connectivity index (χ2n) is 3.31. The Bertz CT molecular complexity index is 377. The number of hydrogen-bond donors (Lipinski definition) is 0. The molecule has 2 heterocycles. The lowest BCUT2D eigenvalue weighted by Crippen LogP contribution is -2.19. The van der Waals surface area contributed by atoms with E-state index < -0.39 is 5.95 Å². The first-order valence-electron chi connectivity index (χ1n) is 4.63. The van der Waals surface area contributed by atoms with Crippen molar-refractivity contribution >= 4 is 5.82 Å². The first kappa shape index (κ1) is 8.95. The van der Waals surface area contributed by atoms with E-state index in [9.17, 15) is 4.39 Å². The Balaban J connectivity index is 2.28. The van der Waals surface area contributed by atoms with E-state index in [0.717, 1.165) is 25.9 Å². The van der Waals surface area contributed by atoms with Gasteiger partial charge in [-0.25, -0.2) is 4.98 Å². The van der Waals surface area contributed by atoms with Crippen LogP contribution in [0.1, 0.15) is 18.4 Å². The molecule has 0 saturated carbocycles. The molecule has 2 rings (SSSR count). The summed E-state index contributed by atoms with van der Waals surface area (Å²) in [6.45, 7) is 1.86. The van der Waals surface area contributed by atoms with Crippen molar-refractivity contribution in [2.75, 3.05) is 18.0 Å². The highest BCUT2D eigenvalue weighted by atomic mass is 19.1. The van der Waals surface area contributed by atoms with Crippen LogP contribution in [0.3, 0.4) is 0 Å². The smallest absolute Gasteiger partial charge is 0.232 e. The fourth-order valence-electron chi connectivity index (χ4n) is 1.63. The Labute approximate surface area is 81.8 Å². The minimum atomic E-state index is -0.670. The molecule has 0 amide bonds. The van der Waals surface area contributed by atoms with E-state index in [0.29, 0.717) is 5.82 Å². The second kappa shape index (κ2) is 3.62. The summed E-state index contributed by atoms with van der Waals surface area (Å²) in [5, 5.41) is 8.53. The molecule has 4 heteroatoms. The van der Waals surface area contributed by atoms with Crippen LogP contribution in [0, 0.1) is 17.3 Å². The molecule has 14 heavy (non-hydrogen) atoms. The molecule has 0 spiro atoms. The summed E-state index contributed by atoms with van der Waals surface area (Å²) in [5.41, 5.74) is 0.00736. The van der Waals surface area contributed by atoms with E-state index >= 15 is 0 Å². The lowest BCUT2D eigenvalue weighted by Gasteiger charge is -2.15. The molecule has 0 atom stereocenters. The molecule has 1 aliphatic heterocycles. The zero-order valence-electron chi connectivity index (χ0n) is 7.70. The van der Waals surface area contributed by atoms with E-state index in [1.807, 2.05) is 4.90 Å². The Morgan fingerprint density at radius 1 is 1.36 bits per heavy atom. The first-order chi connectivity index (χ1) is 6.81. The van der Waals surface area contributed by atoms with Gasteiger partial charge in [-0.05, 0) is 25.0 Å². The zero-order chi connectivity index (χ0) is 9.97. The van der Waals surface area contributed by atoms with Crippen molar-refractivity contribution < 1.29 is 4.39 Å². The van der Waals surface area contributed by atoms with Crippen molar-refractivity contribution in [1.29, 1.82) is 5.26 Å². The third-order valence-corrected chi connectivity index (χ3v) is 2.38. The fourth-order valence-corrected chi connectivity index (χ4v) is 1.63. The van der Waals surface area contributed by atoms with Crippen molar-refractivity contribution in [1.82, 2.24) is 4.98 Å². The lowest BCUT2D eigenvalue weighted by molar-refractivity contribution is 0.578. The highest BCUT2D eigenvalue weighted by Crippen LogP contribution is 2.18. The minimum Gasteiger partial charge on any atom is -0.357 e. The van der Waals surface area contributed by atoms with Crippen LogP contribution in [0.5, 0.6) is 0 Å². The van der Waals surface area contributed by atoms with Crippen LogP contribution < -0.4 is 4.90 Å². The lowest BCUT2D eigenvalue weighted by atomic mass is 10.3. The molecule has 0 aromatic carbocycles. The van der Waals surface area contributed by atoms with Crippen molar-refractivity contribution in [3.63, 3.8) is 0 Å². The predicted octanol–water partition coefficient (Wildman–Crippen LogP) is 1.69. The number of anilines is 1. The van der Waals surface area contributed by atoms with Gasteiger partial charge in [0.15, 0.2) is 0 Å². The Kier molecular flexibility index (Phi) is 2.32. The molecular weight excluding hydrogens is 181 g/mol. The van der Waals surface area contributed by atoms with Gasteiger partial charge in [0.2, 0.25) is 5.95 Å². The normalized spacial score (nSPS) is 15.6. The van der Waals surface area contributed by atoms with E-state index in [1.54, 1.807) is 12.1 Å². The number of rotatable bonds is 1. The molecule has 1 aliphatic rings. The molecule has 1 fully saturated rings. The van der Waals surface area contributed by atoms with Crippen molar-refractivity contribution in [3.05, 3.63) is 23.6 Å². The molecule has 3 nitrogen and oxygen atoms in total. The van der Waals surface area contributed by atoms with Crippen LogP contribution in [-0.2, 0) is 0 Å². The van der Waals surface area contributed by atoms with Gasteiger partial charge in [-0.3, -0.25) is 0 Å². The fraction of sp³-hybridized carbons (Fsp3) is 0.400. The predicted molar refractivity (Wildman–Crippen MR) is 50.4 cm³/mol. The molecule has 1 aromatic heterocycles. The quantitative estimate of drug-likeness (QED) is 0.634. The average Bonchev–Trinajstić information content (AvgIpc) is 2.70. The van der Waals surface area contributed by atoms with Gasteiger partial charge < -0.3 is 4.90 Å². The summed E-state index contributed by atoms with van der Waals surface area (Å²) in [4.78, 5) is 5.79. The first-order valence-corrected chi connectivity index (χ1v) is 4.63. The number of pyridine rings is 1. The van der Waals surface area contributed by atoms with E-state index in [-0.39, 0.29) is 5.56 Å². The topological polar surface area (TPSA) is 39.9 Å². The van der Waals surface area contributed by atoms with Gasteiger partial charge in [-0.1, -0.05) is 0 Å². The molecule has 0 radical (unpaired) electrons. The summed E-state index contributed by atoms with van der Waals surface area (Å²) < 4.78 is 13.1. The molecule has 0 N–H and O–H groups in total. The van der Waals surface area contributed by atoms with Gasteiger partial charge >= 0.3 is 0 Å². The standard InChI is InChI=1S/C10H10FN3/c11-10-8(7-12)3-4-9(13-10)14-5-1-2-6-14/h3-4H,1-2,5-6H2. The van der Waals surface area contributed by atoms with Gasteiger partial charge in [0.25, 0.3) is 0 Å². The third-order valence-electron chi connectivity index (χ3n) is 2.38. The summed E-state index contributed by atoms with van der Waals surface area (Å²) in [7, 11) is 0. The SMILES string of the molecule is N#Cc1ccc(N2CCCC2)nc1F. The molecule has 1 aromatic rings. The Morgan fingerprint density at radius 3 is 2.64 bits per heavy atom. The third kappa shape index (κ3) is 1.53. The van der Waals surface area contributed by atoms with Gasteiger partial charge in [0.1, 0.15) is 17.5 Å². The average molecular weight is 191 g/mol. The van der Waals surface area contributed by atoms with Crippen LogP contribution in [-0.4, -0.2) is 18.1 Å². The van der Waals surface area contributed by atoms with Crippen LogP contribution in [0.4, 0.5) is 10.2 Å². The maximum absolute atomic E-state index is 13.1. The van der Waals surface area contributed by atoms with E-state index in [2.05, 4.69) is 4.98 Å². The van der Waals surface area contributed by atoms with E-state index in [1.165, 1.54) is 6.07 Å². The number of halogens is 1. The van der Waals surface area contributed by atoms with Gasteiger partial charge in [-0.15, -0.1) is 0 Å². The van der Waals surface area contributed by atoms with Crippen LogP contribution in [0.25, 0.3) is 0 Å². The molecular formula is C10H10FN3. The Morgan fingerprint density at radius 2 is 2.07 bits per heavy atom. The highest BCUT2D eigenvalue weighted by molar-refractivity contribution is 5.43. The number of nitriles is 1. The molecule has 0 unspecified atom stereocenters. The number of aromatic nitrogens is 1. The maximum Gasteiger partial charge on any atom is 0.232 e. The summed E-state index contributed by atoms with van der Waals surface area (Å²) in [5.74, 6) is -0.0316.